The van der Waals surface area contributed by atoms with Crippen molar-refractivity contribution in [3.63, 3.8) is 0 Å². The molecule has 0 aromatic heterocycles. The van der Waals surface area contributed by atoms with Gasteiger partial charge in [0.1, 0.15) is 18.2 Å². The van der Waals surface area contributed by atoms with Crippen LogP contribution in [0.1, 0.15) is 33.3 Å². The Hall–Kier alpha value is -2.77. The molecule has 1 aromatic rings. The summed E-state index contributed by atoms with van der Waals surface area (Å²) in [6.07, 6.45) is -1.75. The molecule has 1 atom stereocenters. The van der Waals surface area contributed by atoms with Crippen LogP contribution in [0.15, 0.2) is 40.6 Å². The molecule has 8 nitrogen and oxygen atoms in total. The second-order valence-corrected chi connectivity index (χ2v) is 5.95. The maximum Gasteiger partial charge on any atom is 0.453 e. The highest BCUT2D eigenvalue weighted by Gasteiger charge is 2.19. The van der Waals surface area contributed by atoms with E-state index in [1.54, 1.807) is 32.9 Å². The molecule has 0 heterocycles. The molecular weight excluding hydrogens is 314 g/mol. The smallest absolute Gasteiger partial charge is 0.445 e. The minimum absolute atomic E-state index is 0.0764. The topological polar surface area (TPSA) is 106 Å². The number of amides is 3. The molecule has 0 aliphatic heterocycles. The third kappa shape index (κ3) is 8.02. The predicted molar refractivity (Wildman–Crippen MR) is 85.3 cm³/mol. The van der Waals surface area contributed by atoms with Gasteiger partial charge in [-0.05, 0) is 33.3 Å². The number of nitrogens with zero attached hydrogens (tertiary/aromatic N) is 2. The van der Waals surface area contributed by atoms with E-state index in [2.05, 4.69) is 15.5 Å². The molecule has 0 fully saturated rings. The van der Waals surface area contributed by atoms with Crippen LogP contribution >= 0.6 is 0 Å². The summed E-state index contributed by atoms with van der Waals surface area (Å²) in [5.41, 5.74) is 0.0841. The average molecular weight is 335 g/mol. The first-order valence-electron chi connectivity index (χ1n) is 7.33. The van der Waals surface area contributed by atoms with Crippen LogP contribution in [0.25, 0.3) is 0 Å². The second-order valence-electron chi connectivity index (χ2n) is 5.95. The highest BCUT2D eigenvalue weighted by Crippen LogP contribution is 2.08. The van der Waals surface area contributed by atoms with E-state index in [4.69, 9.17) is 9.47 Å². The Kier molecular flexibility index (Phi) is 7.03. The Bertz CT molecular complexity index is 608. The monoisotopic (exact) mass is 335 g/mol. The van der Waals surface area contributed by atoms with Gasteiger partial charge < -0.3 is 14.8 Å². The van der Waals surface area contributed by atoms with Gasteiger partial charge in [-0.3, -0.25) is 4.79 Å². The first kappa shape index (κ1) is 19.3. The van der Waals surface area contributed by atoms with E-state index in [1.807, 2.05) is 18.2 Å². The molecule has 24 heavy (non-hydrogen) atoms. The van der Waals surface area contributed by atoms with Crippen molar-refractivity contribution >= 4 is 18.1 Å². The SMILES string of the molecule is C[C@H](NC(=O)OCc1ccccc1)C(=O)N=NC(=O)OC(C)(C)C. The zero-order chi connectivity index (χ0) is 18.2. The number of nitrogens with one attached hydrogen (secondary N) is 1. The summed E-state index contributed by atoms with van der Waals surface area (Å²) in [4.78, 5) is 34.6. The van der Waals surface area contributed by atoms with Gasteiger partial charge in [-0.1, -0.05) is 35.4 Å². The van der Waals surface area contributed by atoms with Gasteiger partial charge in [-0.25, -0.2) is 9.59 Å². The van der Waals surface area contributed by atoms with Crippen molar-refractivity contribution < 1.29 is 23.9 Å². The Balaban J connectivity index is 2.40. The summed E-state index contributed by atoms with van der Waals surface area (Å²) < 4.78 is 9.85. The van der Waals surface area contributed by atoms with Crippen LogP contribution in [0.2, 0.25) is 0 Å². The van der Waals surface area contributed by atoms with Crippen molar-refractivity contribution in [2.45, 2.75) is 45.9 Å². The molecule has 130 valence electrons. The maximum atomic E-state index is 11.7. The fraction of sp³-hybridized carbons (Fsp3) is 0.438. The van der Waals surface area contributed by atoms with Crippen molar-refractivity contribution in [2.24, 2.45) is 10.2 Å². The Morgan fingerprint density at radius 3 is 2.33 bits per heavy atom. The first-order chi connectivity index (χ1) is 11.2. The summed E-state index contributed by atoms with van der Waals surface area (Å²) in [5.74, 6) is -0.794. The molecule has 0 saturated carbocycles. The molecule has 1 N–H and O–H groups in total. The lowest BCUT2D eigenvalue weighted by atomic mass is 10.2. The number of ether oxygens (including phenoxy) is 2. The van der Waals surface area contributed by atoms with E-state index in [1.165, 1.54) is 6.92 Å². The van der Waals surface area contributed by atoms with E-state index in [9.17, 15) is 14.4 Å². The van der Waals surface area contributed by atoms with Gasteiger partial charge in [0.05, 0.1) is 0 Å². The Morgan fingerprint density at radius 2 is 1.75 bits per heavy atom. The quantitative estimate of drug-likeness (QED) is 0.850. The molecule has 0 aliphatic carbocycles. The van der Waals surface area contributed by atoms with Crippen molar-refractivity contribution in [1.82, 2.24) is 5.32 Å². The van der Waals surface area contributed by atoms with E-state index in [0.29, 0.717) is 0 Å². The van der Waals surface area contributed by atoms with Crippen molar-refractivity contribution in [1.29, 1.82) is 0 Å². The largest absolute Gasteiger partial charge is 0.453 e. The summed E-state index contributed by atoms with van der Waals surface area (Å²) in [5, 5.41) is 8.68. The number of hydrogen-bond acceptors (Lipinski definition) is 5. The number of carbonyl (C=O) groups excluding carboxylic acids is 3. The third-order valence-electron chi connectivity index (χ3n) is 2.54. The highest BCUT2D eigenvalue weighted by atomic mass is 16.6. The summed E-state index contributed by atoms with van der Waals surface area (Å²) in [6, 6.07) is 8.10. The number of benzene rings is 1. The van der Waals surface area contributed by atoms with Crippen molar-refractivity contribution in [3.8, 4) is 0 Å². The number of carbonyl (C=O) groups is 3. The van der Waals surface area contributed by atoms with E-state index >= 15 is 0 Å². The molecule has 3 amide bonds. The van der Waals surface area contributed by atoms with Gasteiger partial charge >= 0.3 is 12.2 Å². The first-order valence-corrected chi connectivity index (χ1v) is 7.33. The average Bonchev–Trinajstić information content (AvgIpc) is 2.50. The number of alkyl carbamates (subject to hydrolysis) is 1. The number of rotatable bonds is 4. The predicted octanol–water partition coefficient (Wildman–Crippen LogP) is 3.22. The fourth-order valence-electron chi connectivity index (χ4n) is 1.46. The van der Waals surface area contributed by atoms with Crippen LogP contribution in [0.3, 0.4) is 0 Å². The molecule has 0 aliphatic rings. The third-order valence-corrected chi connectivity index (χ3v) is 2.54. The Morgan fingerprint density at radius 1 is 1.12 bits per heavy atom. The molecule has 0 spiro atoms. The van der Waals surface area contributed by atoms with Gasteiger partial charge in [0.2, 0.25) is 0 Å². The van der Waals surface area contributed by atoms with Gasteiger partial charge in [0.15, 0.2) is 0 Å². The molecule has 0 radical (unpaired) electrons. The van der Waals surface area contributed by atoms with E-state index < -0.39 is 29.7 Å². The maximum absolute atomic E-state index is 11.7. The fourth-order valence-corrected chi connectivity index (χ4v) is 1.46. The van der Waals surface area contributed by atoms with Gasteiger partial charge in [0.25, 0.3) is 5.91 Å². The standard InChI is InChI=1S/C16H21N3O5/c1-11(13(20)18-19-15(22)24-16(2,3)4)17-14(21)23-10-12-8-6-5-7-9-12/h5-9,11H,10H2,1-4H3,(H,17,21)/t11-/m0/s1. The van der Waals surface area contributed by atoms with Gasteiger partial charge in [-0.2, -0.15) is 0 Å². The van der Waals surface area contributed by atoms with Crippen LogP contribution in [0, 0.1) is 0 Å². The number of azo groups is 1. The van der Waals surface area contributed by atoms with Crippen LogP contribution in [-0.4, -0.2) is 29.7 Å². The van der Waals surface area contributed by atoms with Crippen LogP contribution in [-0.2, 0) is 20.9 Å². The van der Waals surface area contributed by atoms with Crippen molar-refractivity contribution in [3.05, 3.63) is 35.9 Å². The van der Waals surface area contributed by atoms with Crippen LogP contribution in [0.4, 0.5) is 9.59 Å². The summed E-state index contributed by atoms with van der Waals surface area (Å²) in [7, 11) is 0. The van der Waals surface area contributed by atoms with E-state index in [0.717, 1.165) is 5.56 Å². The van der Waals surface area contributed by atoms with Gasteiger partial charge in [0, 0.05) is 0 Å². The molecule has 0 bridgehead atoms. The normalized spacial score (nSPS) is 12.5. The minimum Gasteiger partial charge on any atom is -0.445 e. The molecule has 8 heteroatoms. The van der Waals surface area contributed by atoms with E-state index in [-0.39, 0.29) is 6.61 Å². The number of hydrogen-bond donors (Lipinski definition) is 1. The van der Waals surface area contributed by atoms with Crippen LogP contribution < -0.4 is 5.32 Å². The second kappa shape index (κ2) is 8.76. The van der Waals surface area contributed by atoms with Crippen LogP contribution in [0.5, 0.6) is 0 Å². The summed E-state index contributed by atoms with van der Waals surface area (Å²) >= 11 is 0. The van der Waals surface area contributed by atoms with Crippen molar-refractivity contribution in [2.75, 3.05) is 0 Å². The zero-order valence-corrected chi connectivity index (χ0v) is 14.1. The zero-order valence-electron chi connectivity index (χ0n) is 14.1. The molecular formula is C16H21N3O5. The highest BCUT2D eigenvalue weighted by molar-refractivity contribution is 5.86. The lowest BCUT2D eigenvalue weighted by molar-refractivity contribution is -0.119. The lowest BCUT2D eigenvalue weighted by Gasteiger charge is -2.16. The molecule has 1 rings (SSSR count). The molecule has 0 unspecified atom stereocenters. The van der Waals surface area contributed by atoms with Gasteiger partial charge in [-0.15, -0.1) is 5.11 Å². The molecule has 1 aromatic carbocycles. The lowest BCUT2D eigenvalue weighted by Crippen LogP contribution is -2.38. The minimum atomic E-state index is -0.987. The Labute approximate surface area is 140 Å². The summed E-state index contributed by atoms with van der Waals surface area (Å²) in [6.45, 7) is 6.47. The molecule has 0 saturated heterocycles.